The molecule has 0 radical (unpaired) electrons. The minimum atomic E-state index is -0.284. The van der Waals surface area contributed by atoms with Crippen LogP contribution in [-0.2, 0) is 11.3 Å². The van der Waals surface area contributed by atoms with Crippen LogP contribution < -0.4 is 10.6 Å². The van der Waals surface area contributed by atoms with E-state index < -0.39 is 0 Å². The van der Waals surface area contributed by atoms with Gasteiger partial charge < -0.3 is 15.7 Å². The van der Waals surface area contributed by atoms with Gasteiger partial charge in [-0.15, -0.1) is 0 Å². The lowest BCUT2D eigenvalue weighted by atomic mass is 10.0. The van der Waals surface area contributed by atoms with Crippen molar-refractivity contribution in [2.24, 2.45) is 0 Å². The number of aromatic hydroxyl groups is 1. The van der Waals surface area contributed by atoms with Gasteiger partial charge in [0.05, 0.1) is 11.4 Å². The molecule has 2 aromatic carbocycles. The van der Waals surface area contributed by atoms with Gasteiger partial charge in [-0.1, -0.05) is 42.7 Å². The van der Waals surface area contributed by atoms with Crippen LogP contribution in [0.1, 0.15) is 55.3 Å². The fourth-order valence-corrected chi connectivity index (χ4v) is 4.19. The fourth-order valence-electron chi connectivity index (χ4n) is 4.19. The molecule has 1 saturated carbocycles. The Morgan fingerprint density at radius 1 is 1.09 bits per heavy atom. The van der Waals surface area contributed by atoms with E-state index in [1.54, 1.807) is 12.1 Å². The van der Waals surface area contributed by atoms with Gasteiger partial charge in [0.15, 0.2) is 0 Å². The molecular weight excluding hydrogens is 404 g/mol. The molecule has 7 heteroatoms. The zero-order valence-electron chi connectivity index (χ0n) is 18.4. The van der Waals surface area contributed by atoms with Crippen LogP contribution in [0.15, 0.2) is 48.5 Å². The zero-order valence-corrected chi connectivity index (χ0v) is 18.4. The molecule has 2 amide bonds. The Balaban J connectivity index is 1.61. The third kappa shape index (κ3) is 4.82. The second-order valence-electron chi connectivity index (χ2n) is 8.41. The molecule has 166 valence electrons. The van der Waals surface area contributed by atoms with E-state index in [2.05, 4.69) is 15.7 Å². The molecule has 0 aliphatic heterocycles. The predicted octanol–water partition coefficient (Wildman–Crippen LogP) is 4.94. The number of phenolic OH excluding ortho intramolecular Hbond substituents is 1. The van der Waals surface area contributed by atoms with Crippen LogP contribution in [0.3, 0.4) is 0 Å². The van der Waals surface area contributed by atoms with Crippen LogP contribution in [0, 0.1) is 6.92 Å². The first-order valence-electron chi connectivity index (χ1n) is 11.0. The summed E-state index contributed by atoms with van der Waals surface area (Å²) in [7, 11) is 0. The van der Waals surface area contributed by atoms with Crippen LogP contribution in [0.4, 0.5) is 10.5 Å². The van der Waals surface area contributed by atoms with Crippen molar-refractivity contribution in [3.63, 3.8) is 0 Å². The fraction of sp³-hybridized carbons (Fsp3) is 0.320. The molecule has 1 aliphatic carbocycles. The summed E-state index contributed by atoms with van der Waals surface area (Å²) >= 11 is 0. The summed E-state index contributed by atoms with van der Waals surface area (Å²) in [6.45, 7) is 3.85. The molecule has 0 bridgehead atoms. The van der Waals surface area contributed by atoms with Crippen molar-refractivity contribution >= 4 is 17.6 Å². The maximum Gasteiger partial charge on any atom is 0.342 e. The smallest absolute Gasteiger partial charge is 0.342 e. The minimum absolute atomic E-state index is 0.000986. The first kappa shape index (κ1) is 21.6. The van der Waals surface area contributed by atoms with Crippen LogP contribution in [0.25, 0.3) is 11.3 Å². The highest BCUT2D eigenvalue weighted by Crippen LogP contribution is 2.37. The number of hydrogen-bond donors (Lipinski definition) is 3. The van der Waals surface area contributed by atoms with Crippen molar-refractivity contribution in [2.45, 2.75) is 52.0 Å². The van der Waals surface area contributed by atoms with E-state index in [1.807, 2.05) is 37.3 Å². The third-order valence-corrected chi connectivity index (χ3v) is 5.86. The standard InChI is InChI=1S/C25H28N4O3/c1-16-7-9-18(10-8-16)15-26-25(32)29-23(19-5-3-4-6-19)14-22(28-29)21-12-11-20(13-24(21)31)27-17(2)30/h7-14,19,31H,3-6,15H2,1-2H3,(H,26,32)(H,27,30). The summed E-state index contributed by atoms with van der Waals surface area (Å²) in [5, 5.41) is 20.7. The first-order chi connectivity index (χ1) is 15.4. The second-order valence-corrected chi connectivity index (χ2v) is 8.41. The number of benzene rings is 2. The molecule has 1 heterocycles. The quantitative estimate of drug-likeness (QED) is 0.532. The topological polar surface area (TPSA) is 96.3 Å². The highest BCUT2D eigenvalue weighted by Gasteiger charge is 2.26. The van der Waals surface area contributed by atoms with Gasteiger partial charge in [-0.25, -0.2) is 4.79 Å². The van der Waals surface area contributed by atoms with Gasteiger partial charge in [-0.2, -0.15) is 9.78 Å². The lowest BCUT2D eigenvalue weighted by molar-refractivity contribution is -0.114. The number of nitrogens with zero attached hydrogens (tertiary/aromatic N) is 2. The molecule has 0 atom stereocenters. The molecule has 0 unspecified atom stereocenters. The maximum absolute atomic E-state index is 13.0. The molecular formula is C25H28N4O3. The van der Waals surface area contributed by atoms with Gasteiger partial charge in [-0.3, -0.25) is 4.79 Å². The van der Waals surface area contributed by atoms with E-state index in [0.717, 1.165) is 36.9 Å². The van der Waals surface area contributed by atoms with E-state index in [9.17, 15) is 14.7 Å². The van der Waals surface area contributed by atoms with E-state index in [-0.39, 0.29) is 23.6 Å². The summed E-state index contributed by atoms with van der Waals surface area (Å²) in [4.78, 5) is 24.3. The van der Waals surface area contributed by atoms with Crippen molar-refractivity contribution in [3.05, 3.63) is 65.4 Å². The largest absolute Gasteiger partial charge is 0.507 e. The van der Waals surface area contributed by atoms with E-state index in [1.165, 1.54) is 23.2 Å². The van der Waals surface area contributed by atoms with Crippen molar-refractivity contribution < 1.29 is 14.7 Å². The zero-order chi connectivity index (χ0) is 22.7. The van der Waals surface area contributed by atoms with Gasteiger partial charge in [0, 0.05) is 36.7 Å². The van der Waals surface area contributed by atoms with Crippen LogP contribution in [0.5, 0.6) is 5.75 Å². The first-order valence-corrected chi connectivity index (χ1v) is 11.0. The van der Waals surface area contributed by atoms with Gasteiger partial charge in [-0.05, 0) is 43.5 Å². The molecule has 0 spiro atoms. The molecule has 1 fully saturated rings. The maximum atomic E-state index is 13.0. The normalized spacial score (nSPS) is 13.8. The average molecular weight is 433 g/mol. The highest BCUT2D eigenvalue weighted by atomic mass is 16.3. The Morgan fingerprint density at radius 2 is 1.81 bits per heavy atom. The third-order valence-electron chi connectivity index (χ3n) is 5.86. The average Bonchev–Trinajstić information content (AvgIpc) is 3.43. The molecule has 7 nitrogen and oxygen atoms in total. The lowest BCUT2D eigenvalue weighted by Crippen LogP contribution is -2.30. The molecule has 3 aromatic rings. The Labute approximate surface area is 187 Å². The lowest BCUT2D eigenvalue weighted by Gasteiger charge is -2.12. The molecule has 3 N–H and O–H groups in total. The summed E-state index contributed by atoms with van der Waals surface area (Å²) in [5.41, 5.74) is 4.61. The van der Waals surface area contributed by atoms with Crippen LogP contribution >= 0.6 is 0 Å². The van der Waals surface area contributed by atoms with Crippen molar-refractivity contribution in [1.29, 1.82) is 0 Å². The Morgan fingerprint density at radius 3 is 2.47 bits per heavy atom. The second kappa shape index (κ2) is 9.26. The number of anilines is 1. The van der Waals surface area contributed by atoms with Gasteiger partial charge in [0.2, 0.25) is 5.91 Å². The summed E-state index contributed by atoms with van der Waals surface area (Å²) in [6, 6.07) is 14.5. The Hall–Kier alpha value is -3.61. The Bertz CT molecular complexity index is 1130. The molecule has 0 saturated heterocycles. The summed E-state index contributed by atoms with van der Waals surface area (Å²) in [5.74, 6) is 0.0521. The number of carbonyl (C=O) groups is 2. The number of aryl methyl sites for hydroxylation is 1. The van der Waals surface area contributed by atoms with Crippen molar-refractivity contribution in [2.75, 3.05) is 5.32 Å². The predicted molar refractivity (Wildman–Crippen MR) is 124 cm³/mol. The number of rotatable bonds is 5. The SMILES string of the molecule is CC(=O)Nc1ccc(-c2cc(C3CCCC3)n(C(=O)NCc3ccc(C)cc3)n2)c(O)c1. The van der Waals surface area contributed by atoms with Crippen molar-refractivity contribution in [1.82, 2.24) is 15.1 Å². The molecule has 32 heavy (non-hydrogen) atoms. The van der Waals surface area contributed by atoms with Crippen molar-refractivity contribution in [3.8, 4) is 17.0 Å². The summed E-state index contributed by atoms with van der Waals surface area (Å²) in [6.07, 6.45) is 4.30. The van der Waals surface area contributed by atoms with Gasteiger partial charge >= 0.3 is 6.03 Å². The number of nitrogens with one attached hydrogen (secondary N) is 2. The van der Waals surface area contributed by atoms with Crippen LogP contribution in [-0.4, -0.2) is 26.8 Å². The van der Waals surface area contributed by atoms with Gasteiger partial charge in [0.1, 0.15) is 5.75 Å². The molecule has 4 rings (SSSR count). The van der Waals surface area contributed by atoms with E-state index in [4.69, 9.17) is 0 Å². The molecule has 1 aromatic heterocycles. The molecule has 1 aliphatic rings. The highest BCUT2D eigenvalue weighted by molar-refractivity contribution is 5.89. The van der Waals surface area contributed by atoms with E-state index >= 15 is 0 Å². The van der Waals surface area contributed by atoms with Gasteiger partial charge in [0.25, 0.3) is 0 Å². The Kier molecular flexibility index (Phi) is 6.25. The minimum Gasteiger partial charge on any atom is -0.507 e. The number of amides is 2. The number of phenols is 1. The number of hydrogen-bond acceptors (Lipinski definition) is 4. The number of carbonyl (C=O) groups excluding carboxylic acids is 2. The summed E-state index contributed by atoms with van der Waals surface area (Å²) < 4.78 is 1.45. The van der Waals surface area contributed by atoms with E-state index in [0.29, 0.717) is 23.5 Å². The van der Waals surface area contributed by atoms with Crippen LogP contribution in [0.2, 0.25) is 0 Å². The monoisotopic (exact) mass is 432 g/mol. The number of aromatic nitrogens is 2.